The Morgan fingerprint density at radius 2 is 1.69 bits per heavy atom. The Morgan fingerprint density at radius 3 is 2.28 bits per heavy atom. The maximum Gasteiger partial charge on any atom is 0.320 e. The van der Waals surface area contributed by atoms with Crippen molar-refractivity contribution in [1.29, 1.82) is 0 Å². The molecule has 1 heterocycles. The summed E-state index contributed by atoms with van der Waals surface area (Å²) in [4.78, 5) is 17.0. The number of benzene rings is 2. The van der Waals surface area contributed by atoms with E-state index in [9.17, 15) is 4.79 Å². The highest BCUT2D eigenvalue weighted by Crippen LogP contribution is 2.31. The molecule has 0 radical (unpaired) electrons. The summed E-state index contributed by atoms with van der Waals surface area (Å²) in [6.07, 6.45) is 0. The van der Waals surface area contributed by atoms with Crippen molar-refractivity contribution in [2.24, 2.45) is 0 Å². The molecule has 5 heteroatoms. The van der Waals surface area contributed by atoms with Gasteiger partial charge in [-0.25, -0.2) is 0 Å². The van der Waals surface area contributed by atoms with Gasteiger partial charge in [-0.2, -0.15) is 0 Å². The number of esters is 1. The number of halogens is 1. The van der Waals surface area contributed by atoms with Crippen LogP contribution in [-0.2, 0) is 9.53 Å². The van der Waals surface area contributed by atoms with Gasteiger partial charge in [0.25, 0.3) is 0 Å². The highest BCUT2D eigenvalue weighted by molar-refractivity contribution is 9.10. The van der Waals surface area contributed by atoms with E-state index < -0.39 is 5.60 Å². The van der Waals surface area contributed by atoms with Gasteiger partial charge in [-0.05, 0) is 51.0 Å². The van der Waals surface area contributed by atoms with Crippen molar-refractivity contribution < 1.29 is 9.53 Å². The van der Waals surface area contributed by atoms with Crippen molar-refractivity contribution in [3.63, 3.8) is 0 Å². The van der Waals surface area contributed by atoms with Crippen LogP contribution >= 0.6 is 15.9 Å². The SMILES string of the molecule is C[C@@H]1CN(C(c2ccccc2)c2ccc(Br)cc2)CCN1CC(=O)OC(C)(C)C. The molecule has 0 bridgehead atoms. The van der Waals surface area contributed by atoms with Crippen molar-refractivity contribution in [3.8, 4) is 0 Å². The number of carbonyl (C=O) groups is 1. The van der Waals surface area contributed by atoms with Crippen LogP contribution in [0.3, 0.4) is 0 Å². The van der Waals surface area contributed by atoms with Gasteiger partial charge in [0.15, 0.2) is 0 Å². The smallest absolute Gasteiger partial charge is 0.320 e. The first-order chi connectivity index (χ1) is 13.7. The topological polar surface area (TPSA) is 32.8 Å². The molecular weight excluding hydrogens is 428 g/mol. The average molecular weight is 459 g/mol. The van der Waals surface area contributed by atoms with Gasteiger partial charge in [0.05, 0.1) is 12.6 Å². The van der Waals surface area contributed by atoms with Gasteiger partial charge in [0.1, 0.15) is 5.60 Å². The lowest BCUT2D eigenvalue weighted by atomic mass is 9.95. The van der Waals surface area contributed by atoms with Gasteiger partial charge >= 0.3 is 5.97 Å². The number of nitrogens with zero attached hydrogens (tertiary/aromatic N) is 2. The molecule has 0 aromatic heterocycles. The third kappa shape index (κ3) is 6.14. The van der Waals surface area contributed by atoms with Gasteiger partial charge in [-0.15, -0.1) is 0 Å². The van der Waals surface area contributed by atoms with Crippen molar-refractivity contribution in [3.05, 3.63) is 70.2 Å². The second kappa shape index (κ2) is 9.41. The van der Waals surface area contributed by atoms with E-state index in [1.54, 1.807) is 0 Å². The molecule has 0 aliphatic carbocycles. The molecule has 1 aliphatic heterocycles. The van der Waals surface area contributed by atoms with Crippen molar-refractivity contribution in [2.45, 2.75) is 45.4 Å². The normalized spacial score (nSPS) is 19.7. The third-order valence-corrected chi connectivity index (χ3v) is 5.74. The summed E-state index contributed by atoms with van der Waals surface area (Å²) in [5.41, 5.74) is 2.14. The van der Waals surface area contributed by atoms with Gasteiger partial charge < -0.3 is 4.74 Å². The number of hydrogen-bond acceptors (Lipinski definition) is 4. The van der Waals surface area contributed by atoms with Crippen molar-refractivity contribution >= 4 is 21.9 Å². The first-order valence-corrected chi connectivity index (χ1v) is 11.0. The number of ether oxygens (including phenoxy) is 1. The fourth-order valence-electron chi connectivity index (χ4n) is 3.93. The molecule has 156 valence electrons. The summed E-state index contributed by atoms with van der Waals surface area (Å²) >= 11 is 3.54. The largest absolute Gasteiger partial charge is 0.459 e. The summed E-state index contributed by atoms with van der Waals surface area (Å²) < 4.78 is 6.60. The van der Waals surface area contributed by atoms with Crippen LogP contribution in [0.25, 0.3) is 0 Å². The minimum Gasteiger partial charge on any atom is -0.459 e. The highest BCUT2D eigenvalue weighted by atomic mass is 79.9. The van der Waals surface area contributed by atoms with Crippen LogP contribution in [-0.4, -0.2) is 53.6 Å². The number of carbonyl (C=O) groups excluding carboxylic acids is 1. The summed E-state index contributed by atoms with van der Waals surface area (Å²) in [5, 5.41) is 0. The molecule has 4 nitrogen and oxygen atoms in total. The first kappa shape index (κ1) is 22.0. The van der Waals surface area contributed by atoms with Gasteiger partial charge in [0, 0.05) is 30.1 Å². The molecule has 0 amide bonds. The zero-order chi connectivity index (χ0) is 21.0. The number of piperazine rings is 1. The Morgan fingerprint density at radius 1 is 1.07 bits per heavy atom. The molecule has 2 atom stereocenters. The van der Waals surface area contributed by atoms with Crippen LogP contribution < -0.4 is 0 Å². The fraction of sp³-hybridized carbons (Fsp3) is 0.458. The van der Waals surface area contributed by atoms with E-state index in [2.05, 4.69) is 87.3 Å². The van der Waals surface area contributed by atoms with Crippen LogP contribution in [0.1, 0.15) is 44.9 Å². The Bertz CT molecular complexity index is 802. The van der Waals surface area contributed by atoms with Gasteiger partial charge in [-0.1, -0.05) is 58.4 Å². The summed E-state index contributed by atoms with van der Waals surface area (Å²) in [7, 11) is 0. The Balaban J connectivity index is 1.74. The summed E-state index contributed by atoms with van der Waals surface area (Å²) in [6, 6.07) is 19.7. The van der Waals surface area contributed by atoms with Crippen molar-refractivity contribution in [2.75, 3.05) is 26.2 Å². The first-order valence-electron chi connectivity index (χ1n) is 10.2. The molecular formula is C24H31BrN2O2. The minimum absolute atomic E-state index is 0.148. The lowest BCUT2D eigenvalue weighted by Crippen LogP contribution is -2.54. The van der Waals surface area contributed by atoms with E-state index in [4.69, 9.17) is 4.74 Å². The van der Waals surface area contributed by atoms with E-state index in [-0.39, 0.29) is 18.1 Å². The zero-order valence-electron chi connectivity index (χ0n) is 17.8. The lowest BCUT2D eigenvalue weighted by molar-refractivity contribution is -0.157. The molecule has 1 saturated heterocycles. The molecule has 1 unspecified atom stereocenters. The predicted molar refractivity (Wildman–Crippen MR) is 121 cm³/mol. The molecule has 1 aliphatic rings. The summed E-state index contributed by atoms with van der Waals surface area (Å²) in [6.45, 7) is 10.9. The average Bonchev–Trinajstić information content (AvgIpc) is 2.65. The molecule has 1 fully saturated rings. The van der Waals surface area contributed by atoms with Crippen LogP contribution in [0.2, 0.25) is 0 Å². The zero-order valence-corrected chi connectivity index (χ0v) is 19.4. The van der Waals surface area contributed by atoms with E-state index in [1.165, 1.54) is 11.1 Å². The highest BCUT2D eigenvalue weighted by Gasteiger charge is 2.31. The van der Waals surface area contributed by atoms with Crippen LogP contribution in [0.5, 0.6) is 0 Å². The second-order valence-electron chi connectivity index (χ2n) is 8.77. The van der Waals surface area contributed by atoms with Crippen LogP contribution in [0, 0.1) is 0 Å². The fourth-order valence-corrected chi connectivity index (χ4v) is 4.19. The number of hydrogen-bond donors (Lipinski definition) is 0. The molecule has 0 spiro atoms. The van der Waals surface area contributed by atoms with E-state index in [0.29, 0.717) is 6.54 Å². The Kier molecular flexibility index (Phi) is 7.14. The molecule has 0 N–H and O–H groups in total. The summed E-state index contributed by atoms with van der Waals surface area (Å²) in [5.74, 6) is -0.148. The standard InChI is InChI=1S/C24H31BrN2O2/c1-18-16-27(15-14-26(18)17-22(28)29-24(2,3)4)23(19-8-6-5-7-9-19)20-10-12-21(25)13-11-20/h5-13,18,23H,14-17H2,1-4H3/t18-,23?/m1/s1. The minimum atomic E-state index is -0.442. The van der Waals surface area contributed by atoms with Gasteiger partial charge in [0.2, 0.25) is 0 Å². The lowest BCUT2D eigenvalue weighted by Gasteiger charge is -2.43. The molecule has 3 rings (SSSR count). The maximum atomic E-state index is 12.3. The van der Waals surface area contributed by atoms with Crippen LogP contribution in [0.15, 0.2) is 59.1 Å². The van der Waals surface area contributed by atoms with E-state index in [1.807, 2.05) is 20.8 Å². The van der Waals surface area contributed by atoms with E-state index >= 15 is 0 Å². The molecule has 2 aromatic rings. The van der Waals surface area contributed by atoms with E-state index in [0.717, 1.165) is 24.1 Å². The predicted octanol–water partition coefficient (Wildman–Crippen LogP) is 4.89. The van der Waals surface area contributed by atoms with Gasteiger partial charge in [-0.3, -0.25) is 14.6 Å². The number of rotatable bonds is 5. The molecule has 29 heavy (non-hydrogen) atoms. The maximum absolute atomic E-state index is 12.3. The Hall–Kier alpha value is -1.69. The Labute approximate surface area is 183 Å². The monoisotopic (exact) mass is 458 g/mol. The quantitative estimate of drug-likeness (QED) is 0.597. The molecule has 0 saturated carbocycles. The molecule has 2 aromatic carbocycles. The van der Waals surface area contributed by atoms with Crippen molar-refractivity contribution in [1.82, 2.24) is 9.80 Å². The second-order valence-corrected chi connectivity index (χ2v) is 9.68. The van der Waals surface area contributed by atoms with Crippen LogP contribution in [0.4, 0.5) is 0 Å². The third-order valence-electron chi connectivity index (χ3n) is 5.21.